The van der Waals surface area contributed by atoms with Crippen molar-refractivity contribution in [1.82, 2.24) is 4.90 Å². The highest BCUT2D eigenvalue weighted by atomic mass is 16.5. The number of carbonyl (C=O) groups excluding carboxylic acids is 1. The van der Waals surface area contributed by atoms with Gasteiger partial charge in [0.25, 0.3) is 0 Å². The number of anilines is 1. The van der Waals surface area contributed by atoms with E-state index in [4.69, 9.17) is 10.00 Å². The van der Waals surface area contributed by atoms with Crippen molar-refractivity contribution in [2.24, 2.45) is 5.92 Å². The van der Waals surface area contributed by atoms with E-state index >= 15 is 0 Å². The minimum Gasteiger partial charge on any atom is -0.380 e. The largest absolute Gasteiger partial charge is 0.380 e. The molecule has 0 saturated heterocycles. The fourth-order valence-corrected chi connectivity index (χ4v) is 1.91. The summed E-state index contributed by atoms with van der Waals surface area (Å²) < 4.78 is 5.55. The summed E-state index contributed by atoms with van der Waals surface area (Å²) >= 11 is 0. The van der Waals surface area contributed by atoms with Gasteiger partial charge in [0, 0.05) is 18.8 Å². The first-order valence-electron chi connectivity index (χ1n) is 7.23. The number of rotatable bonds is 8. The van der Waals surface area contributed by atoms with E-state index in [-0.39, 0.29) is 5.91 Å². The minimum absolute atomic E-state index is 0.0654. The van der Waals surface area contributed by atoms with Gasteiger partial charge in [-0.3, -0.25) is 9.69 Å². The highest BCUT2D eigenvalue weighted by molar-refractivity contribution is 5.92. The average molecular weight is 287 g/mol. The zero-order chi connectivity index (χ0) is 15.1. The van der Waals surface area contributed by atoms with Crippen LogP contribution < -0.4 is 5.32 Å². The van der Waals surface area contributed by atoms with Crippen molar-refractivity contribution in [3.63, 3.8) is 0 Å². The summed E-state index contributed by atoms with van der Waals surface area (Å²) in [6.45, 7) is 2.59. The monoisotopic (exact) mass is 287 g/mol. The van der Waals surface area contributed by atoms with Crippen molar-refractivity contribution in [2.75, 3.05) is 38.7 Å². The second-order valence-corrected chi connectivity index (χ2v) is 5.49. The molecule has 1 fully saturated rings. The molecule has 1 amide bonds. The Kier molecular flexibility index (Phi) is 5.73. The molecule has 0 atom stereocenters. The van der Waals surface area contributed by atoms with Gasteiger partial charge in [-0.15, -0.1) is 0 Å². The molecule has 1 N–H and O–H groups in total. The lowest BCUT2D eigenvalue weighted by atomic mass is 10.2. The van der Waals surface area contributed by atoms with E-state index < -0.39 is 0 Å². The Labute approximate surface area is 125 Å². The Balaban J connectivity index is 1.63. The van der Waals surface area contributed by atoms with Crippen LogP contribution in [0, 0.1) is 17.2 Å². The average Bonchev–Trinajstić information content (AvgIpc) is 3.28. The number of carbonyl (C=O) groups is 1. The number of hydrogen-bond acceptors (Lipinski definition) is 4. The second-order valence-electron chi connectivity index (χ2n) is 5.49. The van der Waals surface area contributed by atoms with Gasteiger partial charge in [-0.05, 0) is 50.1 Å². The topological polar surface area (TPSA) is 65.4 Å². The first-order valence-corrected chi connectivity index (χ1v) is 7.23. The molecule has 2 rings (SSSR count). The molecule has 112 valence electrons. The Bertz CT molecular complexity index is 503. The maximum absolute atomic E-state index is 11.9. The van der Waals surface area contributed by atoms with Crippen molar-refractivity contribution in [3.8, 4) is 6.07 Å². The normalized spacial score (nSPS) is 14.0. The quantitative estimate of drug-likeness (QED) is 0.741. The first-order chi connectivity index (χ1) is 10.2. The fourth-order valence-electron chi connectivity index (χ4n) is 1.91. The van der Waals surface area contributed by atoms with Crippen molar-refractivity contribution >= 4 is 11.6 Å². The summed E-state index contributed by atoms with van der Waals surface area (Å²) in [7, 11) is 1.90. The van der Waals surface area contributed by atoms with E-state index in [1.807, 2.05) is 18.0 Å². The number of hydrogen-bond donors (Lipinski definition) is 1. The number of nitriles is 1. The molecule has 0 spiro atoms. The van der Waals surface area contributed by atoms with Gasteiger partial charge in [0.05, 0.1) is 24.8 Å². The Morgan fingerprint density at radius 3 is 2.76 bits per heavy atom. The van der Waals surface area contributed by atoms with E-state index in [1.165, 1.54) is 12.8 Å². The Morgan fingerprint density at radius 2 is 2.14 bits per heavy atom. The van der Waals surface area contributed by atoms with Crippen LogP contribution in [0.15, 0.2) is 24.3 Å². The maximum atomic E-state index is 11.9. The number of nitrogens with one attached hydrogen (secondary N) is 1. The van der Waals surface area contributed by atoms with Gasteiger partial charge in [0.2, 0.25) is 5.91 Å². The van der Waals surface area contributed by atoms with E-state index in [0.29, 0.717) is 24.4 Å². The Hall–Kier alpha value is -1.90. The van der Waals surface area contributed by atoms with E-state index in [0.717, 1.165) is 19.1 Å². The van der Waals surface area contributed by atoms with Crippen LogP contribution in [0.25, 0.3) is 0 Å². The fraction of sp³-hybridized carbons (Fsp3) is 0.500. The van der Waals surface area contributed by atoms with Crippen LogP contribution in [0.5, 0.6) is 0 Å². The molecular weight excluding hydrogens is 266 g/mol. The zero-order valence-corrected chi connectivity index (χ0v) is 12.3. The molecule has 1 aromatic carbocycles. The van der Waals surface area contributed by atoms with E-state index in [1.54, 1.807) is 24.3 Å². The lowest BCUT2D eigenvalue weighted by molar-refractivity contribution is -0.117. The van der Waals surface area contributed by atoms with Crippen LogP contribution >= 0.6 is 0 Å². The third-order valence-corrected chi connectivity index (χ3v) is 3.38. The highest BCUT2D eigenvalue weighted by Gasteiger charge is 2.21. The number of amides is 1. The predicted molar refractivity (Wildman–Crippen MR) is 80.8 cm³/mol. The molecule has 1 saturated carbocycles. The lowest BCUT2D eigenvalue weighted by Gasteiger charge is -2.16. The van der Waals surface area contributed by atoms with Crippen LogP contribution in [-0.2, 0) is 9.53 Å². The third kappa shape index (κ3) is 5.94. The molecule has 0 bridgehead atoms. The summed E-state index contributed by atoms with van der Waals surface area (Å²) in [6, 6.07) is 8.88. The third-order valence-electron chi connectivity index (χ3n) is 3.38. The molecule has 21 heavy (non-hydrogen) atoms. The molecular formula is C16H21N3O2. The summed E-state index contributed by atoms with van der Waals surface area (Å²) in [6.07, 6.45) is 2.59. The predicted octanol–water partition coefficient (Wildman–Crippen LogP) is 1.86. The molecule has 0 aliphatic heterocycles. The van der Waals surface area contributed by atoms with Crippen LogP contribution in [0.2, 0.25) is 0 Å². The molecule has 1 aromatic rings. The van der Waals surface area contributed by atoms with Gasteiger partial charge in [0.1, 0.15) is 0 Å². The van der Waals surface area contributed by atoms with Gasteiger partial charge in [-0.2, -0.15) is 5.26 Å². The zero-order valence-electron chi connectivity index (χ0n) is 12.3. The summed E-state index contributed by atoms with van der Waals surface area (Å²) in [5.41, 5.74) is 1.29. The Morgan fingerprint density at radius 1 is 1.43 bits per heavy atom. The number of ether oxygens (including phenoxy) is 1. The van der Waals surface area contributed by atoms with Crippen molar-refractivity contribution in [2.45, 2.75) is 12.8 Å². The van der Waals surface area contributed by atoms with Crippen LogP contribution in [0.3, 0.4) is 0 Å². The maximum Gasteiger partial charge on any atom is 0.238 e. The second kappa shape index (κ2) is 7.77. The number of likely N-dealkylation sites (N-methyl/N-ethyl adjacent to an activating group) is 1. The van der Waals surface area contributed by atoms with Crippen molar-refractivity contribution in [3.05, 3.63) is 29.8 Å². The van der Waals surface area contributed by atoms with Crippen molar-refractivity contribution in [1.29, 1.82) is 5.26 Å². The molecule has 0 radical (unpaired) electrons. The molecule has 1 aliphatic rings. The van der Waals surface area contributed by atoms with Gasteiger partial charge in [-0.25, -0.2) is 0 Å². The molecule has 0 heterocycles. The minimum atomic E-state index is -0.0654. The summed E-state index contributed by atoms with van der Waals surface area (Å²) in [4.78, 5) is 13.8. The SMILES string of the molecule is CN(CCOCC1CC1)CC(=O)Nc1ccc(C#N)cc1. The summed E-state index contributed by atoms with van der Waals surface area (Å²) in [5.74, 6) is 0.708. The molecule has 5 heteroatoms. The van der Waals surface area contributed by atoms with Gasteiger partial charge in [-0.1, -0.05) is 0 Å². The van der Waals surface area contributed by atoms with Crippen LogP contribution in [-0.4, -0.2) is 44.2 Å². The van der Waals surface area contributed by atoms with E-state index in [9.17, 15) is 4.79 Å². The van der Waals surface area contributed by atoms with Crippen LogP contribution in [0.4, 0.5) is 5.69 Å². The lowest BCUT2D eigenvalue weighted by Crippen LogP contribution is -2.32. The molecule has 0 unspecified atom stereocenters. The molecule has 0 aromatic heterocycles. The van der Waals surface area contributed by atoms with Crippen LogP contribution in [0.1, 0.15) is 18.4 Å². The number of nitrogens with zero attached hydrogens (tertiary/aromatic N) is 2. The number of benzene rings is 1. The van der Waals surface area contributed by atoms with Crippen molar-refractivity contribution < 1.29 is 9.53 Å². The molecule has 5 nitrogen and oxygen atoms in total. The van der Waals surface area contributed by atoms with Gasteiger partial charge in [0.15, 0.2) is 0 Å². The standard InChI is InChI=1S/C16H21N3O2/c1-19(8-9-21-12-14-2-3-14)11-16(20)18-15-6-4-13(10-17)5-7-15/h4-7,14H,2-3,8-9,11-12H2,1H3,(H,18,20). The smallest absolute Gasteiger partial charge is 0.238 e. The summed E-state index contributed by atoms with van der Waals surface area (Å²) in [5, 5.41) is 11.5. The van der Waals surface area contributed by atoms with Gasteiger partial charge >= 0.3 is 0 Å². The van der Waals surface area contributed by atoms with Gasteiger partial charge < -0.3 is 10.1 Å². The molecule has 1 aliphatic carbocycles. The first kappa shape index (κ1) is 15.5. The highest BCUT2D eigenvalue weighted by Crippen LogP contribution is 2.28. The van der Waals surface area contributed by atoms with E-state index in [2.05, 4.69) is 5.32 Å².